The van der Waals surface area contributed by atoms with Crippen LogP contribution >= 0.6 is 0 Å². The van der Waals surface area contributed by atoms with Gasteiger partial charge in [0.25, 0.3) is 0 Å². The normalized spacial score (nSPS) is 20.5. The monoisotopic (exact) mass is 314 g/mol. The maximum absolute atomic E-state index is 10.5. The molecule has 1 aromatic heterocycles. The molecule has 3 rings (SSSR count). The molecule has 2 atom stereocenters. The zero-order valence-corrected chi connectivity index (χ0v) is 13.8. The number of nitrogens with zero attached hydrogens (tertiary/aromatic N) is 2. The summed E-state index contributed by atoms with van der Waals surface area (Å²) in [5.41, 5.74) is 2.53. The SMILES string of the molecule is Cn1cccc1[C@H]1COCCN1C[C@@H](O)CCc1ccccc1. The first-order valence-corrected chi connectivity index (χ1v) is 8.39. The summed E-state index contributed by atoms with van der Waals surface area (Å²) < 4.78 is 7.81. The number of β-amino-alcohol motifs (C(OH)–C–C–N with tert-alkyl or cyclic N) is 1. The van der Waals surface area contributed by atoms with E-state index in [9.17, 15) is 5.11 Å². The number of benzene rings is 1. The molecule has 0 amide bonds. The Bertz CT molecular complexity index is 596. The topological polar surface area (TPSA) is 37.6 Å². The van der Waals surface area contributed by atoms with E-state index in [1.165, 1.54) is 11.3 Å². The van der Waals surface area contributed by atoms with Crippen LogP contribution in [0, 0.1) is 0 Å². The number of rotatable bonds is 6. The molecule has 4 nitrogen and oxygen atoms in total. The fourth-order valence-corrected chi connectivity index (χ4v) is 3.29. The first-order valence-electron chi connectivity index (χ1n) is 8.39. The molecule has 1 aromatic carbocycles. The Morgan fingerprint density at radius 3 is 2.78 bits per heavy atom. The number of ether oxygens (including phenoxy) is 1. The van der Waals surface area contributed by atoms with E-state index in [1.54, 1.807) is 0 Å². The Morgan fingerprint density at radius 2 is 2.04 bits per heavy atom. The summed E-state index contributed by atoms with van der Waals surface area (Å²) >= 11 is 0. The lowest BCUT2D eigenvalue weighted by Crippen LogP contribution is -2.44. The van der Waals surface area contributed by atoms with Crippen molar-refractivity contribution in [2.45, 2.75) is 25.0 Å². The number of hydrogen-bond donors (Lipinski definition) is 1. The van der Waals surface area contributed by atoms with Crippen LogP contribution < -0.4 is 0 Å². The van der Waals surface area contributed by atoms with Gasteiger partial charge in [0.2, 0.25) is 0 Å². The van der Waals surface area contributed by atoms with Crippen molar-refractivity contribution in [2.24, 2.45) is 7.05 Å². The van der Waals surface area contributed by atoms with E-state index in [2.05, 4.69) is 59.1 Å². The second kappa shape index (κ2) is 7.77. The van der Waals surface area contributed by atoms with Crippen LogP contribution in [-0.4, -0.2) is 47.0 Å². The van der Waals surface area contributed by atoms with Crippen LogP contribution in [0.15, 0.2) is 48.7 Å². The lowest BCUT2D eigenvalue weighted by Gasteiger charge is -2.37. The highest BCUT2D eigenvalue weighted by Gasteiger charge is 2.27. The van der Waals surface area contributed by atoms with E-state index in [4.69, 9.17) is 4.74 Å². The molecular weight excluding hydrogens is 288 g/mol. The molecule has 23 heavy (non-hydrogen) atoms. The van der Waals surface area contributed by atoms with Crippen molar-refractivity contribution in [1.29, 1.82) is 0 Å². The molecule has 0 aliphatic carbocycles. The van der Waals surface area contributed by atoms with Gasteiger partial charge in [0.15, 0.2) is 0 Å². The van der Waals surface area contributed by atoms with Crippen LogP contribution in [0.4, 0.5) is 0 Å². The molecular formula is C19H26N2O2. The summed E-state index contributed by atoms with van der Waals surface area (Å²) in [7, 11) is 2.06. The Morgan fingerprint density at radius 1 is 1.22 bits per heavy atom. The highest BCUT2D eigenvalue weighted by molar-refractivity contribution is 5.15. The van der Waals surface area contributed by atoms with Gasteiger partial charge in [-0.15, -0.1) is 0 Å². The summed E-state index contributed by atoms with van der Waals surface area (Å²) in [5.74, 6) is 0. The number of aliphatic hydroxyl groups is 1. The van der Waals surface area contributed by atoms with Gasteiger partial charge in [-0.3, -0.25) is 4.90 Å². The molecule has 124 valence electrons. The van der Waals surface area contributed by atoms with Crippen molar-refractivity contribution >= 4 is 0 Å². The fourth-order valence-electron chi connectivity index (χ4n) is 3.29. The van der Waals surface area contributed by atoms with E-state index in [-0.39, 0.29) is 12.1 Å². The van der Waals surface area contributed by atoms with Crippen molar-refractivity contribution in [2.75, 3.05) is 26.3 Å². The standard InChI is InChI=1S/C19H26N2O2/c1-20-11-5-8-18(20)19-15-23-13-12-21(19)14-17(22)10-9-16-6-3-2-4-7-16/h2-8,11,17,19,22H,9-10,12-15H2,1H3/t17-,19+/m0/s1. The van der Waals surface area contributed by atoms with E-state index >= 15 is 0 Å². The summed E-state index contributed by atoms with van der Waals surface area (Å²) in [4.78, 5) is 2.36. The molecule has 0 saturated carbocycles. The van der Waals surface area contributed by atoms with Crippen molar-refractivity contribution in [3.8, 4) is 0 Å². The van der Waals surface area contributed by atoms with Gasteiger partial charge >= 0.3 is 0 Å². The van der Waals surface area contributed by atoms with Crippen LogP contribution in [-0.2, 0) is 18.2 Å². The zero-order chi connectivity index (χ0) is 16.1. The van der Waals surface area contributed by atoms with Gasteiger partial charge in [-0.25, -0.2) is 0 Å². The van der Waals surface area contributed by atoms with Crippen LogP contribution in [0.5, 0.6) is 0 Å². The molecule has 2 aromatic rings. The van der Waals surface area contributed by atoms with E-state index in [0.29, 0.717) is 13.2 Å². The number of aryl methyl sites for hydroxylation is 2. The van der Waals surface area contributed by atoms with Crippen LogP contribution in [0.2, 0.25) is 0 Å². The lowest BCUT2D eigenvalue weighted by molar-refractivity contribution is -0.0305. The van der Waals surface area contributed by atoms with E-state index < -0.39 is 0 Å². The second-order valence-corrected chi connectivity index (χ2v) is 6.31. The van der Waals surface area contributed by atoms with Crippen LogP contribution in [0.1, 0.15) is 23.7 Å². The molecule has 1 aliphatic rings. The number of hydrogen-bond acceptors (Lipinski definition) is 3. The highest BCUT2D eigenvalue weighted by Crippen LogP contribution is 2.24. The van der Waals surface area contributed by atoms with Gasteiger partial charge in [0.05, 0.1) is 25.4 Å². The van der Waals surface area contributed by atoms with Gasteiger partial charge < -0.3 is 14.4 Å². The van der Waals surface area contributed by atoms with Gasteiger partial charge in [-0.2, -0.15) is 0 Å². The summed E-state index contributed by atoms with van der Waals surface area (Å²) in [6, 6.07) is 14.8. The molecule has 0 spiro atoms. The Balaban J connectivity index is 1.57. The molecule has 4 heteroatoms. The second-order valence-electron chi connectivity index (χ2n) is 6.31. The lowest BCUT2D eigenvalue weighted by atomic mass is 10.1. The summed E-state index contributed by atoms with van der Waals surface area (Å²) in [6.07, 6.45) is 3.46. The maximum Gasteiger partial charge on any atom is 0.0739 e. The number of aromatic nitrogens is 1. The minimum atomic E-state index is -0.309. The molecule has 0 unspecified atom stereocenters. The zero-order valence-electron chi connectivity index (χ0n) is 13.8. The third kappa shape index (κ3) is 4.22. The van der Waals surface area contributed by atoms with Gasteiger partial charge in [-0.1, -0.05) is 30.3 Å². The molecule has 1 aliphatic heterocycles. The largest absolute Gasteiger partial charge is 0.392 e. The van der Waals surface area contributed by atoms with Gasteiger partial charge in [-0.05, 0) is 30.5 Å². The van der Waals surface area contributed by atoms with Crippen molar-refractivity contribution in [1.82, 2.24) is 9.47 Å². The Labute approximate surface area is 138 Å². The van der Waals surface area contributed by atoms with Crippen LogP contribution in [0.3, 0.4) is 0 Å². The molecule has 1 N–H and O–H groups in total. The molecule has 0 radical (unpaired) electrons. The first-order chi connectivity index (χ1) is 11.2. The third-order valence-electron chi connectivity index (χ3n) is 4.62. The predicted octanol–water partition coefficient (Wildman–Crippen LogP) is 2.39. The van der Waals surface area contributed by atoms with E-state index in [0.717, 1.165) is 26.0 Å². The third-order valence-corrected chi connectivity index (χ3v) is 4.62. The van der Waals surface area contributed by atoms with Crippen molar-refractivity contribution in [3.05, 3.63) is 59.9 Å². The van der Waals surface area contributed by atoms with Crippen LogP contribution in [0.25, 0.3) is 0 Å². The van der Waals surface area contributed by atoms with Gasteiger partial charge in [0, 0.05) is 32.0 Å². The quantitative estimate of drug-likeness (QED) is 0.889. The summed E-state index contributed by atoms with van der Waals surface area (Å²) in [6.45, 7) is 3.01. The molecule has 2 heterocycles. The first kappa shape index (κ1) is 16.2. The van der Waals surface area contributed by atoms with Gasteiger partial charge in [0.1, 0.15) is 0 Å². The minimum Gasteiger partial charge on any atom is -0.392 e. The smallest absolute Gasteiger partial charge is 0.0739 e. The molecule has 0 bridgehead atoms. The molecule has 1 saturated heterocycles. The highest BCUT2D eigenvalue weighted by atomic mass is 16.5. The fraction of sp³-hybridized carbons (Fsp3) is 0.474. The maximum atomic E-state index is 10.5. The Hall–Kier alpha value is -1.62. The Kier molecular flexibility index (Phi) is 5.49. The average molecular weight is 314 g/mol. The number of aliphatic hydroxyl groups excluding tert-OH is 1. The minimum absolute atomic E-state index is 0.232. The predicted molar refractivity (Wildman–Crippen MR) is 91.3 cm³/mol. The number of morpholine rings is 1. The van der Waals surface area contributed by atoms with E-state index in [1.807, 2.05) is 6.07 Å². The van der Waals surface area contributed by atoms with Crippen molar-refractivity contribution in [3.63, 3.8) is 0 Å². The summed E-state index contributed by atoms with van der Waals surface area (Å²) in [5, 5.41) is 10.5. The van der Waals surface area contributed by atoms with Crippen molar-refractivity contribution < 1.29 is 9.84 Å². The average Bonchev–Trinajstić information content (AvgIpc) is 3.00. The molecule has 1 fully saturated rings.